The fourth-order valence-electron chi connectivity index (χ4n) is 0.440. The molecule has 0 N–H and O–H groups in total. The fourth-order valence-corrected chi connectivity index (χ4v) is 0.795. The van der Waals surface area contributed by atoms with Gasteiger partial charge in [0.2, 0.25) is 0 Å². The molecule has 10 heavy (non-hydrogen) atoms. The highest BCUT2D eigenvalue weighted by molar-refractivity contribution is 9.10. The molecule has 1 nitrogen and oxygen atoms in total. The van der Waals surface area contributed by atoms with E-state index in [1.807, 2.05) is 0 Å². The Kier molecular flexibility index (Phi) is 0.848. The van der Waals surface area contributed by atoms with Crippen LogP contribution in [0.4, 0.5) is 4.39 Å². The summed E-state index contributed by atoms with van der Waals surface area (Å²) in [7, 11) is -2.87. The lowest BCUT2D eigenvalue weighted by atomic mass is 10.3. The zero-order valence-corrected chi connectivity index (χ0v) is 6.25. The average Bonchev–Trinajstić information content (AvgIpc) is 2.17. The normalized spacial score (nSPS) is 19.4. The summed E-state index contributed by atoms with van der Waals surface area (Å²) in [6, 6.07) is -2.12. The van der Waals surface area contributed by atoms with Gasteiger partial charge in [0.25, 0.3) is 0 Å². The molecular weight excluding hydrogens is 199 g/mol. The van der Waals surface area contributed by atoms with E-state index in [1.54, 1.807) is 0 Å². The zero-order chi connectivity index (χ0) is 12.7. The van der Waals surface area contributed by atoms with Crippen molar-refractivity contribution in [1.29, 1.82) is 0 Å². The van der Waals surface area contributed by atoms with Crippen LogP contribution in [0, 0.1) is 5.82 Å². The van der Waals surface area contributed by atoms with Gasteiger partial charge >= 0.3 is 0 Å². The zero-order valence-electron chi connectivity index (χ0n) is 10.7. The van der Waals surface area contributed by atoms with E-state index in [2.05, 4.69) is 20.7 Å². The first-order chi connectivity index (χ1) is 7.15. The van der Waals surface area contributed by atoms with Crippen molar-refractivity contribution in [2.45, 2.75) is 0 Å². The summed E-state index contributed by atoms with van der Waals surface area (Å²) in [5.74, 6) is -1.94. The Hall–Kier alpha value is -0.570. The molecule has 0 radical (unpaired) electrons. The van der Waals surface area contributed by atoms with E-state index >= 15 is 0 Å². The third-order valence-corrected chi connectivity index (χ3v) is 1.16. The summed E-state index contributed by atoms with van der Waals surface area (Å²) in [4.78, 5) is 0. The topological polar surface area (TPSA) is 9.23 Å². The molecule has 0 aliphatic carbocycles. The van der Waals surface area contributed by atoms with Crippen LogP contribution in [-0.2, 0) is 0 Å². The Morgan fingerprint density at radius 3 is 3.20 bits per heavy atom. The summed E-state index contributed by atoms with van der Waals surface area (Å²) < 4.78 is 59.7. The van der Waals surface area contributed by atoms with E-state index in [4.69, 9.17) is 8.22 Å². The maximum atomic E-state index is 13.3. The first-order valence-electron chi connectivity index (χ1n) is 5.29. The minimum atomic E-state index is -2.87. The minimum Gasteiger partial charge on any atom is -0.497 e. The molecule has 1 aromatic carbocycles. The van der Waals surface area contributed by atoms with Gasteiger partial charge in [-0.05, 0) is 12.1 Å². The second-order valence-electron chi connectivity index (χ2n) is 1.43. The van der Waals surface area contributed by atoms with Crippen molar-refractivity contribution in [3.8, 4) is 5.75 Å². The van der Waals surface area contributed by atoms with Crippen LogP contribution in [0.5, 0.6) is 5.75 Å². The van der Waals surface area contributed by atoms with Gasteiger partial charge < -0.3 is 4.74 Å². The molecule has 0 spiro atoms. The molecule has 3 heteroatoms. The highest BCUT2D eigenvalue weighted by Gasteiger charge is 1.96. The minimum absolute atomic E-state index is 0.250. The third-order valence-electron chi connectivity index (χ3n) is 0.768. The standard InChI is InChI=1S/C7H6BrFO/c1-10-7-3-5(8)2-6(9)4-7/h2-4H,1H3/i1D3,2D,3D,4D. The Balaban J connectivity index is 3.40. The van der Waals surface area contributed by atoms with Crippen LogP contribution in [0.25, 0.3) is 0 Å². The molecule has 0 fully saturated rings. The van der Waals surface area contributed by atoms with E-state index in [1.165, 1.54) is 0 Å². The molecule has 0 aliphatic heterocycles. The monoisotopic (exact) mass is 210 g/mol. The summed E-state index contributed by atoms with van der Waals surface area (Å²) in [5.41, 5.74) is 0. The number of methoxy groups -OCH3 is 1. The van der Waals surface area contributed by atoms with Crippen LogP contribution in [-0.4, -0.2) is 7.04 Å². The molecule has 0 aromatic heterocycles. The highest BCUT2D eigenvalue weighted by Crippen LogP contribution is 2.19. The SMILES string of the molecule is [2H]c1c(F)c([2H])c(OC([2H])([2H])[2H])c([2H])c1Br. The van der Waals surface area contributed by atoms with Crippen molar-refractivity contribution in [1.82, 2.24) is 0 Å². The molecule has 0 amide bonds. The number of hydrogen-bond acceptors (Lipinski definition) is 1. The predicted octanol–water partition coefficient (Wildman–Crippen LogP) is 2.60. The van der Waals surface area contributed by atoms with E-state index < -0.39 is 36.7 Å². The van der Waals surface area contributed by atoms with Gasteiger partial charge in [-0.3, -0.25) is 0 Å². The summed E-state index contributed by atoms with van der Waals surface area (Å²) >= 11 is 2.76. The molecule has 0 saturated carbocycles. The van der Waals surface area contributed by atoms with Gasteiger partial charge in [-0.1, -0.05) is 15.9 Å². The van der Waals surface area contributed by atoms with Gasteiger partial charge in [0.05, 0.1) is 15.3 Å². The van der Waals surface area contributed by atoms with Crippen molar-refractivity contribution < 1.29 is 17.4 Å². The smallest absolute Gasteiger partial charge is 0.128 e. The van der Waals surface area contributed by atoms with E-state index in [0.29, 0.717) is 0 Å². The summed E-state index contributed by atoms with van der Waals surface area (Å²) in [6.45, 7) is 0. The molecule has 0 atom stereocenters. The van der Waals surface area contributed by atoms with Crippen LogP contribution in [0.15, 0.2) is 22.6 Å². The number of rotatable bonds is 1. The molecule has 0 heterocycles. The molecule has 0 saturated heterocycles. The van der Waals surface area contributed by atoms with Gasteiger partial charge in [0.15, 0.2) is 0 Å². The average molecular weight is 211 g/mol. The fraction of sp³-hybridized carbons (Fsp3) is 0.143. The van der Waals surface area contributed by atoms with E-state index in [-0.39, 0.29) is 4.47 Å². The lowest BCUT2D eigenvalue weighted by Gasteiger charge is -1.98. The quantitative estimate of drug-likeness (QED) is 0.693. The summed E-state index contributed by atoms with van der Waals surface area (Å²) in [6.07, 6.45) is 0. The van der Waals surface area contributed by atoms with Gasteiger partial charge in [-0.15, -0.1) is 0 Å². The molecule has 1 rings (SSSR count). The molecule has 0 aliphatic rings. The number of ether oxygens (including phenoxy) is 1. The lowest BCUT2D eigenvalue weighted by Crippen LogP contribution is -1.83. The van der Waals surface area contributed by atoms with E-state index in [0.717, 1.165) is 0 Å². The first kappa shape index (κ1) is 2.81. The maximum absolute atomic E-state index is 13.3. The predicted molar refractivity (Wildman–Crippen MR) is 40.7 cm³/mol. The number of benzene rings is 1. The Morgan fingerprint density at radius 2 is 2.50 bits per heavy atom. The van der Waals surface area contributed by atoms with Crippen LogP contribution in [0.1, 0.15) is 8.22 Å². The largest absolute Gasteiger partial charge is 0.497 e. The third kappa shape index (κ3) is 1.70. The number of hydrogen-bond donors (Lipinski definition) is 0. The van der Waals surface area contributed by atoms with Crippen LogP contribution >= 0.6 is 15.9 Å². The van der Waals surface area contributed by atoms with Gasteiger partial charge in [0, 0.05) is 10.5 Å². The van der Waals surface area contributed by atoms with Crippen LogP contribution < -0.4 is 4.74 Å². The van der Waals surface area contributed by atoms with Crippen LogP contribution in [0.2, 0.25) is 0 Å². The molecule has 1 aromatic rings. The van der Waals surface area contributed by atoms with Crippen molar-refractivity contribution >= 4 is 15.9 Å². The first-order valence-corrected chi connectivity index (χ1v) is 3.08. The molecule has 0 unspecified atom stereocenters. The van der Waals surface area contributed by atoms with E-state index in [9.17, 15) is 4.39 Å². The lowest BCUT2D eigenvalue weighted by molar-refractivity contribution is 0.411. The Labute approximate surface area is 75.4 Å². The van der Waals surface area contributed by atoms with Crippen molar-refractivity contribution in [2.24, 2.45) is 0 Å². The van der Waals surface area contributed by atoms with Crippen molar-refractivity contribution in [3.05, 3.63) is 28.4 Å². The Bertz CT molecular complexity index is 403. The van der Waals surface area contributed by atoms with Gasteiger partial charge in [-0.25, -0.2) is 4.39 Å². The summed E-state index contributed by atoms with van der Waals surface area (Å²) in [5, 5.41) is 0. The number of halogens is 2. The highest BCUT2D eigenvalue weighted by atomic mass is 79.9. The maximum Gasteiger partial charge on any atom is 0.128 e. The van der Waals surface area contributed by atoms with Gasteiger partial charge in [0.1, 0.15) is 11.6 Å². The van der Waals surface area contributed by atoms with Crippen LogP contribution in [0.3, 0.4) is 0 Å². The second-order valence-corrected chi connectivity index (χ2v) is 2.23. The Morgan fingerprint density at radius 1 is 1.70 bits per heavy atom. The molecule has 54 valence electrons. The van der Waals surface area contributed by atoms with Gasteiger partial charge in [-0.2, -0.15) is 0 Å². The molecule has 0 bridgehead atoms. The molecular formula is C7H6BrFO. The van der Waals surface area contributed by atoms with Crippen molar-refractivity contribution in [3.63, 3.8) is 0 Å². The van der Waals surface area contributed by atoms with Crippen molar-refractivity contribution in [2.75, 3.05) is 7.04 Å². The second kappa shape index (κ2) is 3.01.